The van der Waals surface area contributed by atoms with Gasteiger partial charge in [0.2, 0.25) is 0 Å². The van der Waals surface area contributed by atoms with Gasteiger partial charge in [-0.15, -0.1) is 0 Å². The highest BCUT2D eigenvalue weighted by Gasteiger charge is 2.12. The highest BCUT2D eigenvalue weighted by Crippen LogP contribution is 2.25. The number of aryl methyl sites for hydroxylation is 1. The molecule has 1 heterocycles. The third-order valence-electron chi connectivity index (χ3n) is 3.75. The zero-order valence-corrected chi connectivity index (χ0v) is 16.0. The van der Waals surface area contributed by atoms with Crippen LogP contribution >= 0.6 is 34.7 Å². The number of carbonyl (C=O) groups excluding carboxylic acids is 1. The zero-order valence-electron chi connectivity index (χ0n) is 13.7. The summed E-state index contributed by atoms with van der Waals surface area (Å²) in [6, 6.07) is 16.9. The van der Waals surface area contributed by atoms with E-state index >= 15 is 0 Å². The van der Waals surface area contributed by atoms with E-state index < -0.39 is 0 Å². The SMILES string of the molecule is O=C(CCc1ccc(-n2sc(Cl)c(Cl)c2=O)cc1)OCc1ccccc1. The number of hydrogen-bond donors (Lipinski definition) is 0. The summed E-state index contributed by atoms with van der Waals surface area (Å²) in [5.41, 5.74) is 2.29. The molecule has 26 heavy (non-hydrogen) atoms. The molecule has 0 aliphatic heterocycles. The van der Waals surface area contributed by atoms with E-state index in [-0.39, 0.29) is 27.5 Å². The smallest absolute Gasteiger partial charge is 0.306 e. The molecule has 0 saturated carbocycles. The van der Waals surface area contributed by atoms with E-state index in [0.29, 0.717) is 18.5 Å². The molecule has 0 aliphatic rings. The average molecular weight is 408 g/mol. The van der Waals surface area contributed by atoms with Crippen LogP contribution in [0.3, 0.4) is 0 Å². The molecule has 0 atom stereocenters. The van der Waals surface area contributed by atoms with E-state index in [9.17, 15) is 9.59 Å². The first kappa shape index (κ1) is 18.7. The van der Waals surface area contributed by atoms with Crippen LogP contribution in [0, 0.1) is 0 Å². The number of carbonyl (C=O) groups is 1. The van der Waals surface area contributed by atoms with Crippen LogP contribution in [-0.2, 0) is 22.6 Å². The Morgan fingerprint density at radius 1 is 1.00 bits per heavy atom. The van der Waals surface area contributed by atoms with Gasteiger partial charge in [0.1, 0.15) is 16.0 Å². The van der Waals surface area contributed by atoms with Crippen molar-refractivity contribution in [3.63, 3.8) is 0 Å². The summed E-state index contributed by atoms with van der Waals surface area (Å²) in [7, 11) is 0. The second kappa shape index (κ2) is 8.54. The lowest BCUT2D eigenvalue weighted by Crippen LogP contribution is -2.11. The summed E-state index contributed by atoms with van der Waals surface area (Å²) in [5, 5.41) is 0.0295. The van der Waals surface area contributed by atoms with Gasteiger partial charge < -0.3 is 4.74 Å². The van der Waals surface area contributed by atoms with Crippen molar-refractivity contribution in [2.75, 3.05) is 0 Å². The first-order chi connectivity index (χ1) is 12.5. The highest BCUT2D eigenvalue weighted by molar-refractivity contribution is 7.12. The van der Waals surface area contributed by atoms with E-state index in [4.69, 9.17) is 27.9 Å². The lowest BCUT2D eigenvalue weighted by Gasteiger charge is -2.06. The van der Waals surface area contributed by atoms with Gasteiger partial charge >= 0.3 is 5.97 Å². The summed E-state index contributed by atoms with van der Waals surface area (Å²) in [5.74, 6) is -0.244. The van der Waals surface area contributed by atoms with Gasteiger partial charge in [-0.3, -0.25) is 9.59 Å². The van der Waals surface area contributed by atoms with Crippen LogP contribution < -0.4 is 5.56 Å². The summed E-state index contributed by atoms with van der Waals surface area (Å²) in [6.07, 6.45) is 0.859. The summed E-state index contributed by atoms with van der Waals surface area (Å²) < 4.78 is 6.96. The van der Waals surface area contributed by atoms with E-state index in [2.05, 4.69) is 0 Å². The van der Waals surface area contributed by atoms with Crippen LogP contribution in [0.2, 0.25) is 9.36 Å². The van der Waals surface area contributed by atoms with Crippen LogP contribution in [0.25, 0.3) is 5.69 Å². The number of halogens is 2. The molecule has 1 aromatic heterocycles. The predicted molar refractivity (Wildman–Crippen MR) is 104 cm³/mol. The molecule has 0 fully saturated rings. The normalized spacial score (nSPS) is 10.7. The average Bonchev–Trinajstić information content (AvgIpc) is 2.93. The Kier molecular flexibility index (Phi) is 6.14. The minimum absolute atomic E-state index is 0.0295. The Morgan fingerprint density at radius 3 is 2.31 bits per heavy atom. The second-order valence-corrected chi connectivity index (χ2v) is 7.53. The first-order valence-corrected chi connectivity index (χ1v) is 9.43. The molecule has 0 radical (unpaired) electrons. The number of esters is 1. The molecule has 0 amide bonds. The van der Waals surface area contributed by atoms with Crippen LogP contribution in [0.15, 0.2) is 59.4 Å². The Labute approximate surface area is 164 Å². The number of aromatic nitrogens is 1. The Bertz CT molecular complexity index is 949. The zero-order chi connectivity index (χ0) is 18.5. The number of benzene rings is 2. The van der Waals surface area contributed by atoms with Crippen LogP contribution in [0.5, 0.6) is 0 Å². The molecular formula is C19H15Cl2NO3S. The molecule has 0 aliphatic carbocycles. The summed E-state index contributed by atoms with van der Waals surface area (Å²) >= 11 is 12.8. The Balaban J connectivity index is 1.55. The lowest BCUT2D eigenvalue weighted by molar-refractivity contribution is -0.144. The van der Waals surface area contributed by atoms with Crippen molar-refractivity contribution in [3.05, 3.63) is 85.4 Å². The third-order valence-corrected chi connectivity index (χ3v) is 5.63. The minimum Gasteiger partial charge on any atom is -0.461 e. The number of nitrogens with zero attached hydrogens (tertiary/aromatic N) is 1. The van der Waals surface area contributed by atoms with Gasteiger partial charge in [0.25, 0.3) is 5.56 Å². The quantitative estimate of drug-likeness (QED) is 0.546. The van der Waals surface area contributed by atoms with Crippen molar-refractivity contribution in [3.8, 4) is 5.69 Å². The molecule has 0 unspecified atom stereocenters. The topological polar surface area (TPSA) is 48.3 Å². The molecule has 0 saturated heterocycles. The van der Waals surface area contributed by atoms with Crippen molar-refractivity contribution in [2.24, 2.45) is 0 Å². The molecular weight excluding hydrogens is 393 g/mol. The number of rotatable bonds is 6. The van der Waals surface area contributed by atoms with Crippen LogP contribution in [0.1, 0.15) is 17.5 Å². The highest BCUT2D eigenvalue weighted by atomic mass is 35.5. The maximum Gasteiger partial charge on any atom is 0.306 e. The Hall–Kier alpha value is -2.08. The van der Waals surface area contributed by atoms with E-state index in [0.717, 1.165) is 22.7 Å². The molecule has 0 N–H and O–H groups in total. The molecule has 0 spiro atoms. The van der Waals surface area contributed by atoms with E-state index in [1.54, 1.807) is 12.1 Å². The second-order valence-electron chi connectivity index (χ2n) is 5.59. The fraction of sp³-hybridized carbons (Fsp3) is 0.158. The van der Waals surface area contributed by atoms with Crippen molar-refractivity contribution >= 4 is 40.7 Å². The Morgan fingerprint density at radius 2 is 1.69 bits per heavy atom. The van der Waals surface area contributed by atoms with Crippen molar-refractivity contribution < 1.29 is 9.53 Å². The third kappa shape index (κ3) is 4.55. The molecule has 4 nitrogen and oxygen atoms in total. The standard InChI is InChI=1S/C19H15Cl2NO3S/c20-17-18(21)26-22(19(17)24)15-9-6-13(7-10-15)8-11-16(23)25-12-14-4-2-1-3-5-14/h1-7,9-10H,8,11-12H2. The predicted octanol–water partition coefficient (Wildman–Crippen LogP) is 4.88. The monoisotopic (exact) mass is 407 g/mol. The van der Waals surface area contributed by atoms with Crippen LogP contribution in [0.4, 0.5) is 0 Å². The number of ether oxygens (including phenoxy) is 1. The maximum absolute atomic E-state index is 12.0. The van der Waals surface area contributed by atoms with Gasteiger partial charge in [0.15, 0.2) is 0 Å². The van der Waals surface area contributed by atoms with Gasteiger partial charge in [0.05, 0.1) is 5.69 Å². The molecule has 7 heteroatoms. The largest absolute Gasteiger partial charge is 0.461 e. The van der Waals surface area contributed by atoms with Gasteiger partial charge in [-0.05, 0) is 41.2 Å². The summed E-state index contributed by atoms with van der Waals surface area (Å²) in [4.78, 5) is 23.8. The molecule has 0 bridgehead atoms. The maximum atomic E-state index is 12.0. The number of hydrogen-bond acceptors (Lipinski definition) is 4. The fourth-order valence-electron chi connectivity index (χ4n) is 2.36. The van der Waals surface area contributed by atoms with Gasteiger partial charge in [-0.2, -0.15) is 0 Å². The molecule has 3 rings (SSSR count). The van der Waals surface area contributed by atoms with Crippen molar-refractivity contribution in [1.29, 1.82) is 0 Å². The van der Waals surface area contributed by atoms with E-state index in [1.165, 1.54) is 3.96 Å². The molecule has 134 valence electrons. The van der Waals surface area contributed by atoms with Crippen LogP contribution in [-0.4, -0.2) is 9.93 Å². The fourth-order valence-corrected chi connectivity index (χ4v) is 3.61. The van der Waals surface area contributed by atoms with E-state index in [1.807, 2.05) is 42.5 Å². The van der Waals surface area contributed by atoms with Gasteiger partial charge in [0, 0.05) is 6.42 Å². The van der Waals surface area contributed by atoms with Crippen molar-refractivity contribution in [1.82, 2.24) is 3.96 Å². The molecule has 3 aromatic rings. The summed E-state index contributed by atoms with van der Waals surface area (Å²) in [6.45, 7) is 0.279. The van der Waals surface area contributed by atoms with Gasteiger partial charge in [-0.25, -0.2) is 3.96 Å². The minimum atomic E-state index is -0.334. The van der Waals surface area contributed by atoms with Gasteiger partial charge in [-0.1, -0.05) is 65.7 Å². The molecule has 2 aromatic carbocycles. The lowest BCUT2D eigenvalue weighted by atomic mass is 10.1. The first-order valence-electron chi connectivity index (χ1n) is 7.91. The van der Waals surface area contributed by atoms with Crippen molar-refractivity contribution in [2.45, 2.75) is 19.4 Å².